The first-order chi connectivity index (χ1) is 10.5. The molecule has 0 bridgehead atoms. The number of benzene rings is 1. The zero-order chi connectivity index (χ0) is 16.0. The van der Waals surface area contributed by atoms with E-state index in [4.69, 9.17) is 4.74 Å². The van der Waals surface area contributed by atoms with Crippen molar-refractivity contribution in [3.63, 3.8) is 0 Å². The number of piperidine rings is 1. The molecule has 0 atom stereocenters. The first-order valence-corrected chi connectivity index (χ1v) is 7.87. The minimum absolute atomic E-state index is 0.0606. The Morgan fingerprint density at radius 1 is 1.32 bits per heavy atom. The van der Waals surface area contributed by atoms with Crippen molar-refractivity contribution in [2.45, 2.75) is 38.6 Å². The van der Waals surface area contributed by atoms with E-state index in [1.807, 2.05) is 0 Å². The highest BCUT2D eigenvalue weighted by molar-refractivity contribution is 5.77. The van der Waals surface area contributed by atoms with Gasteiger partial charge < -0.3 is 10.1 Å². The van der Waals surface area contributed by atoms with Crippen molar-refractivity contribution in [2.24, 2.45) is 0 Å². The monoisotopic (exact) mass is 308 g/mol. The molecule has 122 valence electrons. The molecule has 0 spiro atoms. The molecular formula is C17H25FN2O2. The molecular weight excluding hydrogens is 283 g/mol. The maximum absolute atomic E-state index is 13.0. The van der Waals surface area contributed by atoms with Gasteiger partial charge in [-0.1, -0.05) is 12.5 Å². The summed E-state index contributed by atoms with van der Waals surface area (Å²) in [5.41, 5.74) is -0.0606. The van der Waals surface area contributed by atoms with Crippen LogP contribution in [0.2, 0.25) is 0 Å². The third-order valence-corrected chi connectivity index (χ3v) is 4.10. The van der Waals surface area contributed by atoms with Crippen molar-refractivity contribution in [3.8, 4) is 5.75 Å². The van der Waals surface area contributed by atoms with Crippen molar-refractivity contribution in [1.82, 2.24) is 10.2 Å². The minimum atomic E-state index is -0.371. The van der Waals surface area contributed by atoms with Crippen molar-refractivity contribution >= 4 is 5.91 Å². The highest BCUT2D eigenvalue weighted by Crippen LogP contribution is 2.19. The number of halogens is 1. The van der Waals surface area contributed by atoms with Crippen LogP contribution >= 0.6 is 0 Å². The van der Waals surface area contributed by atoms with E-state index >= 15 is 0 Å². The Kier molecular flexibility index (Phi) is 5.77. The molecule has 0 radical (unpaired) electrons. The lowest BCUT2D eigenvalue weighted by molar-refractivity contribution is -0.123. The fourth-order valence-electron chi connectivity index (χ4n) is 2.68. The van der Waals surface area contributed by atoms with Crippen LogP contribution < -0.4 is 10.1 Å². The van der Waals surface area contributed by atoms with Gasteiger partial charge in [-0.2, -0.15) is 0 Å². The van der Waals surface area contributed by atoms with Crippen LogP contribution in [0.4, 0.5) is 4.39 Å². The number of ether oxygens (including phenoxy) is 1. The van der Waals surface area contributed by atoms with Crippen LogP contribution in [0.3, 0.4) is 0 Å². The van der Waals surface area contributed by atoms with Gasteiger partial charge in [0.1, 0.15) is 11.6 Å². The Morgan fingerprint density at radius 2 is 2.05 bits per heavy atom. The zero-order valence-electron chi connectivity index (χ0n) is 13.4. The summed E-state index contributed by atoms with van der Waals surface area (Å²) in [7, 11) is 0. The largest absolute Gasteiger partial charge is 0.484 e. The van der Waals surface area contributed by atoms with Crippen LogP contribution in [0.25, 0.3) is 0 Å². The summed E-state index contributed by atoms with van der Waals surface area (Å²) in [6.45, 7) is 6.95. The number of amides is 1. The molecule has 0 saturated carbocycles. The molecule has 0 aromatic heterocycles. The summed E-state index contributed by atoms with van der Waals surface area (Å²) in [5.74, 6) is -0.191. The van der Waals surface area contributed by atoms with E-state index in [1.54, 1.807) is 12.1 Å². The molecule has 0 unspecified atom stereocenters. The number of likely N-dealkylation sites (tertiary alicyclic amines) is 1. The second-order valence-corrected chi connectivity index (χ2v) is 6.38. The Morgan fingerprint density at radius 3 is 2.73 bits per heavy atom. The van der Waals surface area contributed by atoms with Gasteiger partial charge >= 0.3 is 0 Å². The molecule has 4 nitrogen and oxygen atoms in total. The molecule has 1 fully saturated rings. The molecule has 22 heavy (non-hydrogen) atoms. The second-order valence-electron chi connectivity index (χ2n) is 6.38. The summed E-state index contributed by atoms with van der Waals surface area (Å²) < 4.78 is 18.3. The molecule has 1 aromatic rings. The molecule has 2 rings (SSSR count). The summed E-state index contributed by atoms with van der Waals surface area (Å²) in [5, 5.41) is 2.91. The van der Waals surface area contributed by atoms with Crippen LogP contribution in [0.1, 0.15) is 33.1 Å². The number of hydrogen-bond donors (Lipinski definition) is 1. The van der Waals surface area contributed by atoms with Crippen LogP contribution in [0, 0.1) is 5.82 Å². The highest BCUT2D eigenvalue weighted by atomic mass is 19.1. The van der Waals surface area contributed by atoms with Crippen molar-refractivity contribution in [2.75, 3.05) is 26.2 Å². The minimum Gasteiger partial charge on any atom is -0.484 e. The van der Waals surface area contributed by atoms with Crippen LogP contribution in [0.5, 0.6) is 5.75 Å². The number of rotatable bonds is 6. The Hall–Kier alpha value is -1.62. The van der Waals surface area contributed by atoms with E-state index in [9.17, 15) is 9.18 Å². The predicted molar refractivity (Wildman–Crippen MR) is 84.4 cm³/mol. The Balaban J connectivity index is 1.74. The molecule has 1 saturated heterocycles. The zero-order valence-corrected chi connectivity index (χ0v) is 13.4. The van der Waals surface area contributed by atoms with Crippen LogP contribution in [-0.4, -0.2) is 42.6 Å². The summed E-state index contributed by atoms with van der Waals surface area (Å²) in [4.78, 5) is 14.3. The SMILES string of the molecule is CC(C)(CNC(=O)COc1cccc(F)c1)N1CCCCC1. The molecule has 1 heterocycles. The van der Waals surface area contributed by atoms with E-state index in [-0.39, 0.29) is 23.9 Å². The average molecular weight is 308 g/mol. The summed E-state index contributed by atoms with van der Waals surface area (Å²) in [6.07, 6.45) is 3.74. The van der Waals surface area contributed by atoms with Gasteiger partial charge in [-0.05, 0) is 51.9 Å². The highest BCUT2D eigenvalue weighted by Gasteiger charge is 2.28. The molecule has 0 aliphatic carbocycles. The normalized spacial score (nSPS) is 16.3. The Labute approximate surface area is 131 Å². The lowest BCUT2D eigenvalue weighted by Crippen LogP contribution is -2.53. The topological polar surface area (TPSA) is 41.6 Å². The standard InChI is InChI=1S/C17H25FN2O2/c1-17(2,20-9-4-3-5-10-20)13-19-16(21)12-22-15-8-6-7-14(18)11-15/h6-8,11H,3-5,9-10,12-13H2,1-2H3,(H,19,21). The van der Waals surface area contributed by atoms with Crippen LogP contribution in [-0.2, 0) is 4.79 Å². The average Bonchev–Trinajstić information content (AvgIpc) is 2.52. The Bertz CT molecular complexity index is 499. The molecule has 1 N–H and O–H groups in total. The first-order valence-electron chi connectivity index (χ1n) is 7.87. The third-order valence-electron chi connectivity index (χ3n) is 4.10. The van der Waals surface area contributed by atoms with Gasteiger partial charge in [-0.15, -0.1) is 0 Å². The molecule has 1 aromatic carbocycles. The van der Waals surface area contributed by atoms with Crippen LogP contribution in [0.15, 0.2) is 24.3 Å². The van der Waals surface area contributed by atoms with E-state index in [0.29, 0.717) is 12.3 Å². The quantitative estimate of drug-likeness (QED) is 0.878. The lowest BCUT2D eigenvalue weighted by atomic mass is 9.98. The lowest BCUT2D eigenvalue weighted by Gasteiger charge is -2.41. The van der Waals surface area contributed by atoms with Crippen molar-refractivity contribution in [1.29, 1.82) is 0 Å². The van der Waals surface area contributed by atoms with E-state index in [1.165, 1.54) is 31.4 Å². The third kappa shape index (κ3) is 4.98. The van der Waals surface area contributed by atoms with Gasteiger partial charge in [0.2, 0.25) is 0 Å². The molecule has 1 aliphatic rings. The summed E-state index contributed by atoms with van der Waals surface area (Å²) in [6, 6.07) is 5.80. The first kappa shape index (κ1) is 16.7. The van der Waals surface area contributed by atoms with E-state index in [2.05, 4.69) is 24.1 Å². The van der Waals surface area contributed by atoms with Gasteiger partial charge in [-0.3, -0.25) is 9.69 Å². The fraction of sp³-hybridized carbons (Fsp3) is 0.588. The van der Waals surface area contributed by atoms with Gasteiger partial charge in [0.15, 0.2) is 6.61 Å². The predicted octanol–water partition coefficient (Wildman–Crippen LogP) is 2.59. The van der Waals surface area contributed by atoms with E-state index in [0.717, 1.165) is 13.1 Å². The van der Waals surface area contributed by atoms with Gasteiger partial charge in [0.25, 0.3) is 5.91 Å². The van der Waals surface area contributed by atoms with Gasteiger partial charge in [-0.25, -0.2) is 4.39 Å². The number of hydrogen-bond acceptors (Lipinski definition) is 3. The number of nitrogens with one attached hydrogen (secondary N) is 1. The molecule has 1 aliphatic heterocycles. The van der Waals surface area contributed by atoms with Gasteiger partial charge in [0.05, 0.1) is 0 Å². The fourth-order valence-corrected chi connectivity index (χ4v) is 2.68. The summed E-state index contributed by atoms with van der Waals surface area (Å²) >= 11 is 0. The van der Waals surface area contributed by atoms with Crippen molar-refractivity contribution < 1.29 is 13.9 Å². The second kappa shape index (κ2) is 7.58. The number of carbonyl (C=O) groups is 1. The van der Waals surface area contributed by atoms with Crippen molar-refractivity contribution in [3.05, 3.63) is 30.1 Å². The van der Waals surface area contributed by atoms with E-state index < -0.39 is 0 Å². The number of nitrogens with zero attached hydrogens (tertiary/aromatic N) is 1. The molecule has 5 heteroatoms. The maximum atomic E-state index is 13.0. The smallest absolute Gasteiger partial charge is 0.258 e. The number of carbonyl (C=O) groups excluding carboxylic acids is 1. The maximum Gasteiger partial charge on any atom is 0.258 e. The molecule has 1 amide bonds. The van der Waals surface area contributed by atoms with Gasteiger partial charge in [0, 0.05) is 18.2 Å².